The van der Waals surface area contributed by atoms with E-state index in [0.29, 0.717) is 11.2 Å². The maximum absolute atomic E-state index is 5.40. The van der Waals surface area contributed by atoms with Gasteiger partial charge in [0, 0.05) is 11.4 Å². The van der Waals surface area contributed by atoms with Gasteiger partial charge in [-0.3, -0.25) is 0 Å². The van der Waals surface area contributed by atoms with E-state index in [-0.39, 0.29) is 0 Å². The van der Waals surface area contributed by atoms with Gasteiger partial charge in [-0.1, -0.05) is 13.8 Å². The molecular formula is C7H11N3S. The van der Waals surface area contributed by atoms with Gasteiger partial charge in [0.1, 0.15) is 5.03 Å². The Morgan fingerprint density at radius 2 is 2.27 bits per heavy atom. The van der Waals surface area contributed by atoms with Crippen molar-refractivity contribution in [1.82, 2.24) is 9.97 Å². The summed E-state index contributed by atoms with van der Waals surface area (Å²) in [5.41, 5.74) is 5.40. The van der Waals surface area contributed by atoms with Crippen molar-refractivity contribution in [3.63, 3.8) is 0 Å². The quantitative estimate of drug-likeness (QED) is 0.539. The molecule has 1 aromatic rings. The van der Waals surface area contributed by atoms with Gasteiger partial charge in [-0.25, -0.2) is 9.97 Å². The Morgan fingerprint density at radius 3 is 2.82 bits per heavy atom. The third-order valence-corrected chi connectivity index (χ3v) is 1.95. The lowest BCUT2D eigenvalue weighted by Gasteiger charge is -2.02. The Kier molecular flexibility index (Phi) is 2.70. The molecule has 4 heteroatoms. The normalized spacial score (nSPS) is 10.5. The van der Waals surface area contributed by atoms with Crippen LogP contribution in [0.4, 0.5) is 5.95 Å². The standard InChI is InChI=1S/C7H11N3S/c1-5(2)11-6-3-4-9-7(8)10-6/h3-5H,1-2H3,(H2,8,9,10). The summed E-state index contributed by atoms with van der Waals surface area (Å²) in [5, 5.41) is 1.47. The SMILES string of the molecule is CC(C)Sc1ccnc(N)n1. The van der Waals surface area contributed by atoms with E-state index in [4.69, 9.17) is 5.73 Å². The minimum atomic E-state index is 0.343. The minimum Gasteiger partial charge on any atom is -0.368 e. The van der Waals surface area contributed by atoms with Crippen molar-refractivity contribution in [1.29, 1.82) is 0 Å². The van der Waals surface area contributed by atoms with Crippen molar-refractivity contribution < 1.29 is 0 Å². The molecule has 0 saturated heterocycles. The molecule has 0 amide bonds. The van der Waals surface area contributed by atoms with Crippen molar-refractivity contribution in [3.05, 3.63) is 12.3 Å². The third-order valence-electron chi connectivity index (χ3n) is 1.01. The highest BCUT2D eigenvalue weighted by molar-refractivity contribution is 7.99. The molecule has 11 heavy (non-hydrogen) atoms. The highest BCUT2D eigenvalue weighted by atomic mass is 32.2. The third kappa shape index (κ3) is 2.76. The first-order valence-electron chi connectivity index (χ1n) is 3.43. The molecule has 0 aliphatic heterocycles. The van der Waals surface area contributed by atoms with E-state index in [1.54, 1.807) is 18.0 Å². The number of thioether (sulfide) groups is 1. The van der Waals surface area contributed by atoms with Crippen LogP contribution in [0.2, 0.25) is 0 Å². The van der Waals surface area contributed by atoms with E-state index in [1.807, 2.05) is 6.07 Å². The summed E-state index contributed by atoms with van der Waals surface area (Å²) in [4.78, 5) is 7.84. The van der Waals surface area contributed by atoms with Crippen LogP contribution < -0.4 is 5.73 Å². The van der Waals surface area contributed by atoms with Crippen molar-refractivity contribution in [2.45, 2.75) is 24.1 Å². The van der Waals surface area contributed by atoms with Crippen LogP contribution in [0, 0.1) is 0 Å². The number of rotatable bonds is 2. The number of nitrogen functional groups attached to an aromatic ring is 1. The Labute approximate surface area is 70.4 Å². The smallest absolute Gasteiger partial charge is 0.221 e. The molecule has 0 aliphatic carbocycles. The molecule has 1 rings (SSSR count). The lowest BCUT2D eigenvalue weighted by molar-refractivity contribution is 1.04. The number of nitrogens with two attached hydrogens (primary N) is 1. The molecule has 1 aromatic heterocycles. The molecule has 0 atom stereocenters. The van der Waals surface area contributed by atoms with Crippen molar-refractivity contribution >= 4 is 17.7 Å². The molecule has 1 heterocycles. The maximum Gasteiger partial charge on any atom is 0.221 e. The van der Waals surface area contributed by atoms with Gasteiger partial charge >= 0.3 is 0 Å². The van der Waals surface area contributed by atoms with Crippen LogP contribution in [0.1, 0.15) is 13.8 Å². The lowest BCUT2D eigenvalue weighted by atomic mass is 10.6. The summed E-state index contributed by atoms with van der Waals surface area (Å²) in [7, 11) is 0. The number of aromatic nitrogens is 2. The Hall–Kier alpha value is -0.770. The zero-order chi connectivity index (χ0) is 8.27. The molecule has 0 radical (unpaired) electrons. The molecule has 0 aliphatic rings. The first-order chi connectivity index (χ1) is 5.18. The summed E-state index contributed by atoms with van der Waals surface area (Å²) < 4.78 is 0. The van der Waals surface area contributed by atoms with Gasteiger partial charge in [-0.05, 0) is 6.07 Å². The Bertz CT molecular complexity index is 237. The van der Waals surface area contributed by atoms with Gasteiger partial charge < -0.3 is 5.73 Å². The van der Waals surface area contributed by atoms with Gasteiger partial charge in [0.15, 0.2) is 0 Å². The highest BCUT2D eigenvalue weighted by Crippen LogP contribution is 2.19. The first kappa shape index (κ1) is 8.33. The topological polar surface area (TPSA) is 51.8 Å². The second kappa shape index (κ2) is 3.57. The molecule has 0 aromatic carbocycles. The molecule has 0 spiro atoms. The number of anilines is 1. The predicted molar refractivity (Wildman–Crippen MR) is 47.4 cm³/mol. The van der Waals surface area contributed by atoms with Crippen LogP contribution >= 0.6 is 11.8 Å². The fourth-order valence-electron chi connectivity index (χ4n) is 0.664. The molecular weight excluding hydrogens is 158 g/mol. The number of nitrogens with zero attached hydrogens (tertiary/aromatic N) is 2. The van der Waals surface area contributed by atoms with E-state index >= 15 is 0 Å². The zero-order valence-corrected chi connectivity index (χ0v) is 7.43. The summed E-state index contributed by atoms with van der Waals surface area (Å²) in [5.74, 6) is 0.343. The van der Waals surface area contributed by atoms with Gasteiger partial charge in [0.2, 0.25) is 5.95 Å². The number of hydrogen-bond acceptors (Lipinski definition) is 4. The van der Waals surface area contributed by atoms with E-state index in [0.717, 1.165) is 5.03 Å². The molecule has 60 valence electrons. The lowest BCUT2D eigenvalue weighted by Crippen LogP contribution is -1.96. The van der Waals surface area contributed by atoms with Crippen LogP contribution in [0.25, 0.3) is 0 Å². The van der Waals surface area contributed by atoms with Crippen LogP contribution in [-0.2, 0) is 0 Å². The first-order valence-corrected chi connectivity index (χ1v) is 4.31. The molecule has 0 unspecified atom stereocenters. The number of hydrogen-bond donors (Lipinski definition) is 1. The molecule has 3 nitrogen and oxygen atoms in total. The van der Waals surface area contributed by atoms with E-state index in [2.05, 4.69) is 23.8 Å². The fourth-order valence-corrected chi connectivity index (χ4v) is 1.43. The van der Waals surface area contributed by atoms with Gasteiger partial charge in [-0.15, -0.1) is 11.8 Å². The van der Waals surface area contributed by atoms with E-state index in [1.165, 1.54) is 0 Å². The maximum atomic E-state index is 5.40. The summed E-state index contributed by atoms with van der Waals surface area (Å²) >= 11 is 1.68. The molecule has 0 saturated carbocycles. The fraction of sp³-hybridized carbons (Fsp3) is 0.429. The summed E-state index contributed by atoms with van der Waals surface area (Å²) in [6.45, 7) is 4.23. The van der Waals surface area contributed by atoms with E-state index < -0.39 is 0 Å². The van der Waals surface area contributed by atoms with Gasteiger partial charge in [-0.2, -0.15) is 0 Å². The monoisotopic (exact) mass is 169 g/mol. The van der Waals surface area contributed by atoms with E-state index in [9.17, 15) is 0 Å². The second-order valence-electron chi connectivity index (χ2n) is 2.42. The summed E-state index contributed by atoms with van der Waals surface area (Å²) in [6, 6.07) is 1.86. The molecule has 2 N–H and O–H groups in total. The Balaban J connectivity index is 2.71. The molecule has 0 fully saturated rings. The van der Waals surface area contributed by atoms with Crippen molar-refractivity contribution in [2.24, 2.45) is 0 Å². The van der Waals surface area contributed by atoms with Crippen LogP contribution in [-0.4, -0.2) is 15.2 Å². The largest absolute Gasteiger partial charge is 0.368 e. The van der Waals surface area contributed by atoms with Crippen LogP contribution in [0.3, 0.4) is 0 Å². The average Bonchev–Trinajstić information content (AvgIpc) is 1.85. The van der Waals surface area contributed by atoms with Crippen LogP contribution in [0.5, 0.6) is 0 Å². The zero-order valence-electron chi connectivity index (χ0n) is 6.61. The average molecular weight is 169 g/mol. The summed E-state index contributed by atoms with van der Waals surface area (Å²) in [6.07, 6.45) is 1.67. The predicted octanol–water partition coefficient (Wildman–Crippen LogP) is 1.56. The van der Waals surface area contributed by atoms with Crippen molar-refractivity contribution in [2.75, 3.05) is 5.73 Å². The second-order valence-corrected chi connectivity index (χ2v) is 4.02. The van der Waals surface area contributed by atoms with Gasteiger partial charge in [0.25, 0.3) is 0 Å². The van der Waals surface area contributed by atoms with Gasteiger partial charge in [0.05, 0.1) is 0 Å². The molecule has 0 bridgehead atoms. The highest BCUT2D eigenvalue weighted by Gasteiger charge is 1.99. The Morgan fingerprint density at radius 1 is 1.55 bits per heavy atom. The minimum absolute atomic E-state index is 0.343. The van der Waals surface area contributed by atoms with Crippen LogP contribution in [0.15, 0.2) is 17.3 Å². The van der Waals surface area contributed by atoms with Crippen molar-refractivity contribution in [3.8, 4) is 0 Å².